The van der Waals surface area contributed by atoms with Gasteiger partial charge in [0.05, 0.1) is 7.11 Å². The number of hydrogen-bond donors (Lipinski definition) is 1. The molecule has 0 radical (unpaired) electrons. The number of amides is 1. The first-order valence-corrected chi connectivity index (χ1v) is 9.10. The molecule has 0 saturated heterocycles. The van der Waals surface area contributed by atoms with Gasteiger partial charge in [0, 0.05) is 11.5 Å². The van der Waals surface area contributed by atoms with Crippen molar-refractivity contribution in [2.24, 2.45) is 0 Å². The molecule has 0 aromatic heterocycles. The van der Waals surface area contributed by atoms with E-state index in [2.05, 4.69) is 17.0 Å². The van der Waals surface area contributed by atoms with Gasteiger partial charge in [-0.1, -0.05) is 34.9 Å². The van der Waals surface area contributed by atoms with E-state index >= 15 is 0 Å². The minimum atomic E-state index is -0.686. The van der Waals surface area contributed by atoms with Gasteiger partial charge in [-0.05, 0) is 27.2 Å². The van der Waals surface area contributed by atoms with Gasteiger partial charge >= 0.3 is 12.1 Å². The van der Waals surface area contributed by atoms with Gasteiger partial charge in [0.25, 0.3) is 0 Å². The van der Waals surface area contributed by atoms with Crippen molar-refractivity contribution in [1.29, 1.82) is 0 Å². The van der Waals surface area contributed by atoms with E-state index < -0.39 is 23.7 Å². The Hall–Kier alpha value is -0.560. The summed E-state index contributed by atoms with van der Waals surface area (Å²) in [6.07, 6.45) is 1.68. The minimum absolute atomic E-state index is 0.459. The Morgan fingerprint density at radius 2 is 1.90 bits per heavy atom. The van der Waals surface area contributed by atoms with E-state index in [1.807, 2.05) is 0 Å². The number of carbonyl (C=O) groups is 2. The van der Waals surface area contributed by atoms with E-state index in [0.717, 1.165) is 18.6 Å². The third-order valence-corrected chi connectivity index (χ3v) is 4.58. The second-order valence-corrected chi connectivity index (χ2v) is 7.81. The monoisotopic (exact) mass is 323 g/mol. The fourth-order valence-corrected chi connectivity index (χ4v) is 3.52. The molecule has 0 aliphatic carbocycles. The zero-order chi connectivity index (χ0) is 15.6. The van der Waals surface area contributed by atoms with Crippen molar-refractivity contribution >= 4 is 33.7 Å². The molecule has 1 amide bonds. The normalized spacial score (nSPS) is 12.7. The highest BCUT2D eigenvalue weighted by atomic mass is 33.1. The highest BCUT2D eigenvalue weighted by Gasteiger charge is 2.24. The number of hydrogen-bond acceptors (Lipinski definition) is 6. The van der Waals surface area contributed by atoms with Crippen LogP contribution in [0.25, 0.3) is 0 Å². The summed E-state index contributed by atoms with van der Waals surface area (Å²) in [5, 5.41) is 2.55. The standard InChI is InChI=1S/C13H25NO4S2/c1-6-7-8-19-20-9-10(11(15)17-5)14-12(16)18-13(2,3)4/h10H,6-9H2,1-5H3,(H,14,16)/t10-/m0/s1. The Morgan fingerprint density at radius 1 is 1.25 bits per heavy atom. The molecule has 0 bridgehead atoms. The summed E-state index contributed by atoms with van der Waals surface area (Å²) in [6.45, 7) is 7.45. The molecule has 0 fully saturated rings. The Bertz CT molecular complexity index is 305. The summed E-state index contributed by atoms with van der Waals surface area (Å²) in [7, 11) is 4.55. The molecule has 1 atom stereocenters. The molecule has 0 unspecified atom stereocenters. The molecule has 0 heterocycles. The number of esters is 1. The number of nitrogens with one attached hydrogen (secondary N) is 1. The van der Waals surface area contributed by atoms with Crippen LogP contribution in [-0.2, 0) is 14.3 Å². The molecular weight excluding hydrogens is 298 g/mol. The van der Waals surface area contributed by atoms with Crippen molar-refractivity contribution in [2.75, 3.05) is 18.6 Å². The van der Waals surface area contributed by atoms with Crippen LogP contribution in [0, 0.1) is 0 Å². The van der Waals surface area contributed by atoms with Crippen LogP contribution in [0.4, 0.5) is 4.79 Å². The SMILES string of the molecule is CCCCSSC[C@H](NC(=O)OC(C)(C)C)C(=O)OC. The van der Waals surface area contributed by atoms with E-state index in [1.54, 1.807) is 42.4 Å². The van der Waals surface area contributed by atoms with E-state index in [9.17, 15) is 9.59 Å². The lowest BCUT2D eigenvalue weighted by atomic mass is 10.2. The first-order valence-electron chi connectivity index (χ1n) is 6.62. The molecule has 0 aromatic carbocycles. The van der Waals surface area contributed by atoms with Gasteiger partial charge in [0.2, 0.25) is 0 Å². The van der Waals surface area contributed by atoms with Crippen molar-refractivity contribution in [1.82, 2.24) is 5.32 Å². The summed E-state index contributed by atoms with van der Waals surface area (Å²) in [4.78, 5) is 23.3. The molecule has 0 aliphatic heterocycles. The van der Waals surface area contributed by atoms with Gasteiger partial charge in [-0.2, -0.15) is 0 Å². The molecule has 118 valence electrons. The lowest BCUT2D eigenvalue weighted by molar-refractivity contribution is -0.142. The van der Waals surface area contributed by atoms with E-state index in [-0.39, 0.29) is 0 Å². The van der Waals surface area contributed by atoms with Crippen molar-refractivity contribution in [3.05, 3.63) is 0 Å². The van der Waals surface area contributed by atoms with Gasteiger partial charge in [-0.15, -0.1) is 0 Å². The lowest BCUT2D eigenvalue weighted by Gasteiger charge is -2.22. The molecule has 7 heteroatoms. The van der Waals surface area contributed by atoms with E-state index in [4.69, 9.17) is 4.74 Å². The van der Waals surface area contributed by atoms with Gasteiger partial charge in [-0.25, -0.2) is 9.59 Å². The van der Waals surface area contributed by atoms with Gasteiger partial charge in [0.15, 0.2) is 0 Å². The summed E-state index contributed by atoms with van der Waals surface area (Å²) < 4.78 is 9.82. The fraction of sp³-hybridized carbons (Fsp3) is 0.846. The number of methoxy groups -OCH3 is 1. The average Bonchev–Trinajstić information content (AvgIpc) is 2.34. The highest BCUT2D eigenvalue weighted by Crippen LogP contribution is 2.23. The smallest absolute Gasteiger partial charge is 0.408 e. The fourth-order valence-electron chi connectivity index (χ4n) is 1.14. The van der Waals surface area contributed by atoms with Crippen LogP contribution < -0.4 is 5.32 Å². The molecular formula is C13H25NO4S2. The van der Waals surface area contributed by atoms with Crippen LogP contribution in [0.1, 0.15) is 40.5 Å². The van der Waals surface area contributed by atoms with Crippen molar-refractivity contribution in [3.8, 4) is 0 Å². The van der Waals surface area contributed by atoms with Gasteiger partial charge in [-0.3, -0.25) is 0 Å². The summed E-state index contributed by atoms with van der Waals surface area (Å²) >= 11 is 0. The Balaban J connectivity index is 4.22. The first-order chi connectivity index (χ1) is 9.30. The molecule has 20 heavy (non-hydrogen) atoms. The zero-order valence-electron chi connectivity index (χ0n) is 12.9. The number of unbranched alkanes of at least 4 members (excludes halogenated alkanes) is 1. The van der Waals surface area contributed by atoms with Crippen LogP contribution in [0.2, 0.25) is 0 Å². The molecule has 0 aliphatic rings. The first kappa shape index (κ1) is 19.4. The lowest BCUT2D eigenvalue weighted by Crippen LogP contribution is -2.45. The van der Waals surface area contributed by atoms with Crippen LogP contribution in [0.15, 0.2) is 0 Å². The summed E-state index contributed by atoms with van der Waals surface area (Å²) in [6, 6.07) is -0.686. The van der Waals surface area contributed by atoms with Crippen molar-refractivity contribution < 1.29 is 19.1 Å². The zero-order valence-corrected chi connectivity index (χ0v) is 14.5. The molecule has 0 rings (SSSR count). The number of ether oxygens (including phenoxy) is 2. The van der Waals surface area contributed by atoms with Gasteiger partial charge in [0.1, 0.15) is 11.6 Å². The van der Waals surface area contributed by atoms with Crippen molar-refractivity contribution in [2.45, 2.75) is 52.2 Å². The summed E-state index contributed by atoms with van der Waals surface area (Å²) in [5.74, 6) is 1.03. The van der Waals surface area contributed by atoms with Crippen LogP contribution in [0.5, 0.6) is 0 Å². The Morgan fingerprint density at radius 3 is 2.40 bits per heavy atom. The second-order valence-electron chi connectivity index (χ2n) is 5.18. The highest BCUT2D eigenvalue weighted by molar-refractivity contribution is 8.76. The average molecular weight is 323 g/mol. The van der Waals surface area contributed by atoms with Crippen LogP contribution in [-0.4, -0.2) is 42.3 Å². The van der Waals surface area contributed by atoms with Crippen LogP contribution in [0.3, 0.4) is 0 Å². The molecule has 0 aromatic rings. The van der Waals surface area contributed by atoms with E-state index in [1.165, 1.54) is 7.11 Å². The number of alkyl carbamates (subject to hydrolysis) is 1. The van der Waals surface area contributed by atoms with Crippen molar-refractivity contribution in [3.63, 3.8) is 0 Å². The van der Waals surface area contributed by atoms with Gasteiger partial charge < -0.3 is 14.8 Å². The third-order valence-electron chi connectivity index (χ3n) is 2.08. The summed E-state index contributed by atoms with van der Waals surface area (Å²) in [5.41, 5.74) is -0.590. The predicted octanol–water partition coefficient (Wildman–Crippen LogP) is 3.23. The topological polar surface area (TPSA) is 64.6 Å². The molecule has 0 saturated carbocycles. The second kappa shape index (κ2) is 10.2. The number of carbonyl (C=O) groups excluding carboxylic acids is 2. The third kappa shape index (κ3) is 10.3. The molecule has 5 nitrogen and oxygen atoms in total. The van der Waals surface area contributed by atoms with Crippen LogP contribution >= 0.6 is 21.6 Å². The maximum atomic E-state index is 11.7. The Labute approximate surface area is 129 Å². The maximum Gasteiger partial charge on any atom is 0.408 e. The minimum Gasteiger partial charge on any atom is -0.467 e. The van der Waals surface area contributed by atoms with E-state index in [0.29, 0.717) is 5.75 Å². The maximum absolute atomic E-state index is 11.7. The number of rotatable bonds is 8. The largest absolute Gasteiger partial charge is 0.467 e. The predicted molar refractivity (Wildman–Crippen MR) is 85.0 cm³/mol. The molecule has 1 N–H and O–H groups in total. The Kier molecular flexibility index (Phi) is 9.92. The molecule has 0 spiro atoms. The quantitative estimate of drug-likeness (QED) is 0.420.